The van der Waals surface area contributed by atoms with Crippen molar-refractivity contribution in [1.82, 2.24) is 5.43 Å². The maximum absolute atomic E-state index is 13.1. The van der Waals surface area contributed by atoms with Gasteiger partial charge in [-0.3, -0.25) is 15.0 Å². The summed E-state index contributed by atoms with van der Waals surface area (Å²) in [5, 5.41) is 10.7. The van der Waals surface area contributed by atoms with Crippen LogP contribution in [0.2, 0.25) is 0 Å². The van der Waals surface area contributed by atoms with Crippen LogP contribution in [0.25, 0.3) is 6.08 Å². The number of nitrogens with zero attached hydrogens (tertiary/aromatic N) is 1. The number of amides is 2. The molecule has 0 radical (unpaired) electrons. The van der Waals surface area contributed by atoms with Crippen LogP contribution in [0.5, 0.6) is 11.5 Å². The number of rotatable bonds is 9. The van der Waals surface area contributed by atoms with Gasteiger partial charge >= 0.3 is 5.97 Å². The number of nitrogens with one attached hydrogen (secondary N) is 1. The molecule has 2 heterocycles. The summed E-state index contributed by atoms with van der Waals surface area (Å²) >= 11 is 0. The summed E-state index contributed by atoms with van der Waals surface area (Å²) in [5.74, 6) is -2.39. The third-order valence-corrected chi connectivity index (χ3v) is 5.87. The normalized spacial score (nSPS) is 21.8. The summed E-state index contributed by atoms with van der Waals surface area (Å²) in [4.78, 5) is 37.5. The fourth-order valence-electron chi connectivity index (χ4n) is 4.17. The molecule has 2 amide bonds. The smallest absolute Gasteiger partial charge is 0.335 e. The molecule has 37 heavy (non-hydrogen) atoms. The van der Waals surface area contributed by atoms with Crippen LogP contribution in [0, 0.1) is 6.92 Å². The molecule has 0 aliphatic carbocycles. The van der Waals surface area contributed by atoms with Crippen LogP contribution in [-0.4, -0.2) is 54.1 Å². The Morgan fingerprint density at radius 3 is 2.54 bits per heavy atom. The Morgan fingerprint density at radius 1 is 1.14 bits per heavy atom. The average molecular weight is 511 g/mol. The van der Waals surface area contributed by atoms with Crippen molar-refractivity contribution in [2.45, 2.75) is 52.1 Å². The molecule has 0 spiro atoms. The Kier molecular flexibility index (Phi) is 7.51. The topological polar surface area (TPSA) is 124 Å². The van der Waals surface area contributed by atoms with Gasteiger partial charge in [0.25, 0.3) is 11.8 Å². The van der Waals surface area contributed by atoms with E-state index in [1.165, 1.54) is 11.1 Å². The molecule has 0 unspecified atom stereocenters. The van der Waals surface area contributed by atoms with Crippen LogP contribution in [0.4, 0.5) is 5.69 Å². The summed E-state index contributed by atoms with van der Waals surface area (Å²) in [5.41, 5.74) is 4.13. The lowest BCUT2D eigenvalue weighted by atomic mass is 10.0. The van der Waals surface area contributed by atoms with E-state index in [2.05, 4.69) is 5.43 Å². The molecule has 2 N–H and O–H groups in total. The van der Waals surface area contributed by atoms with E-state index in [-0.39, 0.29) is 12.2 Å². The molecule has 10 nitrogen and oxygen atoms in total. The number of hydrogen-bond acceptors (Lipinski definition) is 7. The minimum Gasteiger partial charge on any atom is -0.493 e. The number of benzene rings is 2. The van der Waals surface area contributed by atoms with Gasteiger partial charge in [-0.1, -0.05) is 25.1 Å². The minimum absolute atomic E-state index is 0.0691. The molecule has 0 aromatic heterocycles. The number of carbonyl (C=O) groups excluding carboxylic acids is 2. The second-order valence-electron chi connectivity index (χ2n) is 9.17. The SMILES string of the molecule is CCCOc1ccc(/C=C2/C(=O)NN(c3ccccc3)C2=O)c(OC[C@@H]2OC(C)(C)O[C@H]2C(=O)O)c1C. The molecule has 196 valence electrons. The molecule has 2 aromatic rings. The number of aliphatic carboxylic acids is 1. The summed E-state index contributed by atoms with van der Waals surface area (Å²) < 4.78 is 23.2. The number of hydrogen-bond donors (Lipinski definition) is 2. The zero-order valence-electron chi connectivity index (χ0n) is 21.1. The van der Waals surface area contributed by atoms with Gasteiger partial charge in [0, 0.05) is 11.1 Å². The molecular formula is C27H30N2O8. The van der Waals surface area contributed by atoms with Crippen molar-refractivity contribution in [3.05, 3.63) is 59.2 Å². The van der Waals surface area contributed by atoms with Gasteiger partial charge in [0.2, 0.25) is 0 Å². The summed E-state index contributed by atoms with van der Waals surface area (Å²) in [6, 6.07) is 12.2. The van der Waals surface area contributed by atoms with E-state index >= 15 is 0 Å². The second-order valence-corrected chi connectivity index (χ2v) is 9.17. The number of ether oxygens (including phenoxy) is 4. The van der Waals surface area contributed by atoms with Crippen molar-refractivity contribution in [1.29, 1.82) is 0 Å². The summed E-state index contributed by atoms with van der Waals surface area (Å²) in [6.07, 6.45) is 0.168. The zero-order chi connectivity index (χ0) is 26.7. The Morgan fingerprint density at radius 2 is 1.86 bits per heavy atom. The first-order valence-corrected chi connectivity index (χ1v) is 12.0. The average Bonchev–Trinajstić information content (AvgIpc) is 3.33. The number of anilines is 1. The van der Waals surface area contributed by atoms with E-state index in [1.807, 2.05) is 13.0 Å². The predicted molar refractivity (Wildman–Crippen MR) is 134 cm³/mol. The highest BCUT2D eigenvalue weighted by Gasteiger charge is 2.46. The quantitative estimate of drug-likeness (QED) is 0.389. The van der Waals surface area contributed by atoms with Gasteiger partial charge in [-0.05, 0) is 57.5 Å². The highest BCUT2D eigenvalue weighted by atomic mass is 16.8. The number of para-hydroxylation sites is 1. The van der Waals surface area contributed by atoms with Crippen LogP contribution in [0.3, 0.4) is 0 Å². The number of hydrazine groups is 1. The largest absolute Gasteiger partial charge is 0.493 e. The van der Waals surface area contributed by atoms with E-state index in [0.717, 1.165) is 6.42 Å². The van der Waals surface area contributed by atoms with Crippen LogP contribution < -0.4 is 19.9 Å². The number of carboxylic acids is 1. The maximum atomic E-state index is 13.1. The highest BCUT2D eigenvalue weighted by molar-refractivity contribution is 6.31. The first kappa shape index (κ1) is 26.2. The lowest BCUT2D eigenvalue weighted by Crippen LogP contribution is -2.35. The fraction of sp³-hybridized carbons (Fsp3) is 0.370. The fourth-order valence-corrected chi connectivity index (χ4v) is 4.17. The molecule has 10 heteroatoms. The molecule has 4 rings (SSSR count). The monoisotopic (exact) mass is 510 g/mol. The van der Waals surface area contributed by atoms with Crippen molar-refractivity contribution in [3.8, 4) is 11.5 Å². The molecule has 2 atom stereocenters. The molecule has 0 bridgehead atoms. The zero-order valence-corrected chi connectivity index (χ0v) is 21.1. The van der Waals surface area contributed by atoms with Crippen LogP contribution in [-0.2, 0) is 23.9 Å². The third kappa shape index (κ3) is 5.60. The van der Waals surface area contributed by atoms with Crippen molar-refractivity contribution in [2.75, 3.05) is 18.2 Å². The van der Waals surface area contributed by atoms with E-state index in [0.29, 0.717) is 34.9 Å². The number of carbonyl (C=O) groups is 3. The van der Waals surface area contributed by atoms with E-state index in [4.69, 9.17) is 18.9 Å². The third-order valence-electron chi connectivity index (χ3n) is 5.87. The predicted octanol–water partition coefficient (Wildman–Crippen LogP) is 3.23. The van der Waals surface area contributed by atoms with Crippen LogP contribution in [0.1, 0.15) is 38.3 Å². The molecular weight excluding hydrogens is 480 g/mol. The summed E-state index contributed by atoms with van der Waals surface area (Å²) in [6.45, 7) is 7.39. The summed E-state index contributed by atoms with van der Waals surface area (Å²) in [7, 11) is 0. The number of carboxylic acid groups (broad SMARTS) is 1. The van der Waals surface area contributed by atoms with E-state index < -0.39 is 35.8 Å². The van der Waals surface area contributed by atoms with Gasteiger partial charge < -0.3 is 24.1 Å². The van der Waals surface area contributed by atoms with Crippen LogP contribution >= 0.6 is 0 Å². The van der Waals surface area contributed by atoms with Gasteiger partial charge in [-0.25, -0.2) is 9.80 Å². The Hall–Kier alpha value is -3.89. The Bertz CT molecular complexity index is 1220. The van der Waals surface area contributed by atoms with Gasteiger partial charge in [-0.2, -0.15) is 0 Å². The van der Waals surface area contributed by atoms with Gasteiger partial charge in [0.05, 0.1) is 12.3 Å². The highest BCUT2D eigenvalue weighted by Crippen LogP contribution is 2.36. The molecule has 2 aliphatic rings. The van der Waals surface area contributed by atoms with Gasteiger partial charge in [0.15, 0.2) is 11.9 Å². The van der Waals surface area contributed by atoms with Crippen LogP contribution in [0.15, 0.2) is 48.0 Å². The van der Waals surface area contributed by atoms with Crippen molar-refractivity contribution >= 4 is 29.5 Å². The standard InChI is InChI=1S/C27H30N2O8/c1-5-13-34-20-12-11-17(14-19-24(30)28-29(25(19)31)18-9-7-6-8-10-18)22(16(20)2)35-15-21-23(26(32)33)37-27(3,4)36-21/h6-12,14,21,23H,5,13,15H2,1-4H3,(H,28,30)(H,32,33)/b19-14-/t21-,23+/m0/s1. The second kappa shape index (κ2) is 10.6. The first-order chi connectivity index (χ1) is 17.6. The lowest BCUT2D eigenvalue weighted by Gasteiger charge is -2.20. The molecule has 2 saturated heterocycles. The Labute approximate surface area is 214 Å². The lowest BCUT2D eigenvalue weighted by molar-refractivity contribution is -0.166. The molecule has 2 aromatic carbocycles. The van der Waals surface area contributed by atoms with E-state index in [9.17, 15) is 19.5 Å². The first-order valence-electron chi connectivity index (χ1n) is 12.0. The molecule has 2 aliphatic heterocycles. The van der Waals surface area contributed by atoms with Gasteiger partial charge in [-0.15, -0.1) is 0 Å². The Balaban J connectivity index is 1.66. The van der Waals surface area contributed by atoms with Crippen molar-refractivity contribution < 1.29 is 38.4 Å². The molecule has 2 fully saturated rings. The molecule has 0 saturated carbocycles. The van der Waals surface area contributed by atoms with E-state index in [1.54, 1.807) is 57.2 Å². The van der Waals surface area contributed by atoms with Gasteiger partial charge in [0.1, 0.15) is 29.8 Å². The maximum Gasteiger partial charge on any atom is 0.335 e. The minimum atomic E-state index is -1.21. The van der Waals surface area contributed by atoms with Crippen molar-refractivity contribution in [2.24, 2.45) is 0 Å². The van der Waals surface area contributed by atoms with Crippen molar-refractivity contribution in [3.63, 3.8) is 0 Å².